The first kappa shape index (κ1) is 13.7. The molecule has 0 bridgehead atoms. The molecule has 0 aromatic heterocycles. The average Bonchev–Trinajstić information content (AvgIpc) is 1.93. The van der Waals surface area contributed by atoms with Crippen LogP contribution in [0.5, 0.6) is 0 Å². The summed E-state index contributed by atoms with van der Waals surface area (Å²) in [5.41, 5.74) is 0. The van der Waals surface area contributed by atoms with Gasteiger partial charge in [-0.15, -0.1) is 0 Å². The molecule has 0 saturated carbocycles. The van der Waals surface area contributed by atoms with Crippen LogP contribution in [0.3, 0.4) is 0 Å². The van der Waals surface area contributed by atoms with Crippen molar-refractivity contribution in [3.05, 3.63) is 0 Å². The highest BCUT2D eigenvalue weighted by molar-refractivity contribution is 6.33. The van der Waals surface area contributed by atoms with E-state index in [9.17, 15) is 0 Å². The van der Waals surface area contributed by atoms with Crippen LogP contribution in [0, 0.1) is 0 Å². The van der Waals surface area contributed by atoms with Crippen LogP contribution in [-0.4, -0.2) is 62.0 Å². The summed E-state index contributed by atoms with van der Waals surface area (Å²) in [4.78, 5) is 0. The third-order valence-electron chi connectivity index (χ3n) is 0.471. The maximum Gasteiger partial charge on any atom is 0.282 e. The Hall–Kier alpha value is 1.14. The smallest absolute Gasteiger partial charge is 0.282 e. The van der Waals surface area contributed by atoms with Crippen molar-refractivity contribution in [2.24, 2.45) is 0 Å². The number of rotatable bonds is 4. The van der Waals surface area contributed by atoms with E-state index in [2.05, 4.69) is 0 Å². The fourth-order valence-corrected chi connectivity index (χ4v) is 6.36. The van der Waals surface area contributed by atoms with Crippen molar-refractivity contribution in [2.75, 3.05) is 0 Å². The molecule has 0 aromatic rings. The molecule has 0 atom stereocenters. The van der Waals surface area contributed by atoms with E-state index in [4.69, 9.17) is 16.5 Å². The largest absolute Gasteiger partial charge is 0.449 e. The lowest BCUT2D eigenvalue weighted by atomic mass is 15.8. The topological polar surface area (TPSA) is 36.9 Å². The summed E-state index contributed by atoms with van der Waals surface area (Å²) < 4.78 is 19.1. The van der Waals surface area contributed by atoms with Crippen molar-refractivity contribution in [1.29, 1.82) is 0 Å². The molecule has 0 N–H and O–H groups in total. The van der Waals surface area contributed by atoms with Crippen molar-refractivity contribution in [1.82, 2.24) is 0 Å². The van der Waals surface area contributed by atoms with E-state index in [0.717, 1.165) is 41.9 Å². The predicted molar refractivity (Wildman–Crippen MR) is 61.2 cm³/mol. The van der Waals surface area contributed by atoms with E-state index in [-0.39, 0.29) is 0 Å². The summed E-state index contributed by atoms with van der Waals surface area (Å²) in [7, 11) is 2.54. The second-order valence-corrected chi connectivity index (χ2v) is 11.1. The van der Waals surface area contributed by atoms with Gasteiger partial charge in [0.25, 0.3) is 20.0 Å². The molecule has 0 rings (SSSR count). The molecule has 0 spiro atoms. The molecule has 0 aliphatic carbocycles. The van der Waals surface area contributed by atoms with Crippen LogP contribution in [0.15, 0.2) is 0 Å². The van der Waals surface area contributed by atoms with Gasteiger partial charge in [-0.1, -0.05) is 0 Å². The molecule has 0 saturated heterocycles. The molecule has 10 heteroatoms. The van der Waals surface area contributed by atoms with Gasteiger partial charge in [-0.3, -0.25) is 0 Å². The van der Waals surface area contributed by atoms with Gasteiger partial charge >= 0.3 is 0 Å². The van der Waals surface area contributed by atoms with E-state index in [1.54, 1.807) is 0 Å². The molecule has 0 aromatic carbocycles. The van der Waals surface area contributed by atoms with E-state index < -0.39 is 20.0 Å². The van der Waals surface area contributed by atoms with Gasteiger partial charge in [0.05, 0.1) is 0 Å². The molecule has 0 fully saturated rings. The highest BCUT2D eigenvalue weighted by Gasteiger charge is 1.67. The lowest BCUT2D eigenvalue weighted by Crippen LogP contribution is -1.96. The van der Waals surface area contributed by atoms with Gasteiger partial charge in [0.1, 0.15) is 41.9 Å². The van der Waals surface area contributed by atoms with Gasteiger partial charge < -0.3 is 16.5 Å². The quantitative estimate of drug-likeness (QED) is 0.464. The normalized spacial score (nSPS) is 12.0. The Morgan fingerprint density at radius 2 is 0.800 bits per heavy atom. The lowest BCUT2D eigenvalue weighted by molar-refractivity contribution is 0.513. The fourth-order valence-electron chi connectivity index (χ4n) is 0.236. The lowest BCUT2D eigenvalue weighted by Gasteiger charge is -1.87. The first-order valence-corrected chi connectivity index (χ1v) is 8.36. The van der Waals surface area contributed by atoms with Crippen LogP contribution in [0.1, 0.15) is 0 Å². The zero-order valence-electron chi connectivity index (χ0n) is 7.05. The summed E-state index contributed by atoms with van der Waals surface area (Å²) in [5.74, 6) is 0. The number of hydrogen-bond donors (Lipinski definition) is 0. The molecule has 4 nitrogen and oxygen atoms in total. The Morgan fingerprint density at radius 1 is 0.600 bits per heavy atom. The van der Waals surface area contributed by atoms with Gasteiger partial charge in [0.2, 0.25) is 0 Å². The van der Waals surface area contributed by atoms with Gasteiger partial charge in [-0.05, 0) is 0 Å². The maximum absolute atomic E-state index is 4.78. The first-order chi connectivity index (χ1) is 4.83. The second-order valence-electron chi connectivity index (χ2n) is 1.39. The predicted octanol–water partition coefficient (Wildman–Crippen LogP) is -6.84. The van der Waals surface area contributed by atoms with Crippen molar-refractivity contribution in [2.45, 2.75) is 0 Å². The molecule has 0 aliphatic rings. The van der Waals surface area contributed by atoms with Crippen LogP contribution < -0.4 is 0 Å². The first-order valence-electron chi connectivity index (χ1n) is 2.79. The summed E-state index contributed by atoms with van der Waals surface area (Å²) in [5, 5.41) is 0. The van der Waals surface area contributed by atoms with E-state index in [0.29, 0.717) is 0 Å². The molecular formula is H16O4Si6. The minimum absolute atomic E-state index is 0.444. The van der Waals surface area contributed by atoms with Crippen molar-refractivity contribution >= 4 is 62.0 Å². The van der Waals surface area contributed by atoms with Gasteiger partial charge in [0, 0.05) is 0 Å². The van der Waals surface area contributed by atoms with E-state index >= 15 is 0 Å². The standard InChI is InChI=1S/2H8O2Si3/c2*3-1-5-2-4/h2*5H2,3-4H3. The van der Waals surface area contributed by atoms with Crippen molar-refractivity contribution in [3.8, 4) is 0 Å². The third-order valence-corrected chi connectivity index (χ3v) is 4.24. The molecule has 0 radical (unpaired) electrons. The van der Waals surface area contributed by atoms with Crippen LogP contribution >= 0.6 is 0 Å². The summed E-state index contributed by atoms with van der Waals surface area (Å²) in [6.07, 6.45) is 0. The maximum atomic E-state index is 4.78. The Balaban J connectivity index is 0. The SMILES string of the molecule is [SiH3]O[SiH2]O[SiH3].[SiH3]O[SiH2]O[SiH3]. The molecule has 0 unspecified atom stereocenters. The summed E-state index contributed by atoms with van der Waals surface area (Å²) >= 11 is 0. The summed E-state index contributed by atoms with van der Waals surface area (Å²) in [6, 6.07) is 0. The van der Waals surface area contributed by atoms with Crippen LogP contribution in [-0.2, 0) is 16.5 Å². The van der Waals surface area contributed by atoms with Crippen LogP contribution in [0.4, 0.5) is 0 Å². The zero-order chi connectivity index (χ0) is 8.24. The van der Waals surface area contributed by atoms with E-state index in [1.165, 1.54) is 0 Å². The monoisotopic (exact) mass is 248 g/mol. The molecule has 0 aliphatic heterocycles. The molecule has 0 heterocycles. The Morgan fingerprint density at radius 3 is 0.800 bits per heavy atom. The van der Waals surface area contributed by atoms with Crippen molar-refractivity contribution < 1.29 is 16.5 Å². The minimum Gasteiger partial charge on any atom is -0.449 e. The average molecular weight is 249 g/mol. The van der Waals surface area contributed by atoms with Crippen LogP contribution in [0.2, 0.25) is 0 Å². The van der Waals surface area contributed by atoms with E-state index in [1.807, 2.05) is 0 Å². The Labute approximate surface area is 78.7 Å². The highest BCUT2D eigenvalue weighted by Crippen LogP contribution is 1.52. The third kappa shape index (κ3) is 22.9. The fraction of sp³-hybridized carbons (Fsp3) is 0. The summed E-state index contributed by atoms with van der Waals surface area (Å²) in [6.45, 7) is 0. The molecule has 10 heavy (non-hydrogen) atoms. The van der Waals surface area contributed by atoms with Gasteiger partial charge in [-0.2, -0.15) is 0 Å². The Bertz CT molecular complexity index is 30.7. The van der Waals surface area contributed by atoms with Gasteiger partial charge in [0.15, 0.2) is 0 Å². The highest BCUT2D eigenvalue weighted by atomic mass is 28.3. The number of hydrogen-bond acceptors (Lipinski definition) is 4. The molecule has 0 amide bonds. The minimum atomic E-state index is -0.444. The van der Waals surface area contributed by atoms with Gasteiger partial charge in [-0.25, -0.2) is 0 Å². The van der Waals surface area contributed by atoms with Crippen LogP contribution in [0.25, 0.3) is 0 Å². The zero-order valence-corrected chi connectivity index (χ0v) is 17.9. The Kier molecular flexibility index (Phi) is 22.8. The van der Waals surface area contributed by atoms with Crippen molar-refractivity contribution in [3.63, 3.8) is 0 Å². The molecular weight excluding hydrogens is 233 g/mol. The molecule has 64 valence electrons. The second kappa shape index (κ2) is 16.6.